The molecule has 0 radical (unpaired) electrons. The molecule has 0 saturated heterocycles. The van der Waals surface area contributed by atoms with Crippen molar-refractivity contribution in [1.82, 2.24) is 0 Å². The van der Waals surface area contributed by atoms with Gasteiger partial charge in [0.15, 0.2) is 0 Å². The van der Waals surface area contributed by atoms with Gasteiger partial charge in [0.25, 0.3) is 0 Å². The maximum atomic E-state index is 5.12. The largest absolute Gasteiger partial charge is 0.258 e. The summed E-state index contributed by atoms with van der Waals surface area (Å²) in [6.07, 6.45) is 4.99. The maximum absolute atomic E-state index is 5.12. The van der Waals surface area contributed by atoms with Crippen LogP contribution in [0.3, 0.4) is 0 Å². The maximum Gasteiger partial charge on any atom is 0.119 e. The van der Waals surface area contributed by atoms with E-state index in [4.69, 9.17) is 4.99 Å². The molecule has 0 bridgehead atoms. The number of hydrogen-bond donors (Lipinski definition) is 0. The lowest BCUT2D eigenvalue weighted by molar-refractivity contribution is 0.447. The van der Waals surface area contributed by atoms with Gasteiger partial charge in [0, 0.05) is 5.22 Å². The van der Waals surface area contributed by atoms with Crippen LogP contribution in [0.5, 0.6) is 0 Å². The molecule has 1 aromatic carbocycles. The highest BCUT2D eigenvalue weighted by Crippen LogP contribution is 2.46. The lowest BCUT2D eigenvalue weighted by Gasteiger charge is -2.34. The van der Waals surface area contributed by atoms with Crippen molar-refractivity contribution in [2.75, 3.05) is 0 Å². The van der Waals surface area contributed by atoms with Crippen LogP contribution in [-0.4, -0.2) is 0 Å². The molecular formula is C16H15NS. The molecule has 18 heavy (non-hydrogen) atoms. The molecule has 90 valence electrons. The Morgan fingerprint density at radius 1 is 1.06 bits per heavy atom. The van der Waals surface area contributed by atoms with Crippen molar-refractivity contribution in [2.45, 2.75) is 31.2 Å². The Kier molecular flexibility index (Phi) is 2.21. The summed E-state index contributed by atoms with van der Waals surface area (Å²) >= 11 is 1.78. The van der Waals surface area contributed by atoms with Crippen molar-refractivity contribution < 1.29 is 0 Å². The summed E-state index contributed by atoms with van der Waals surface area (Å²) in [7, 11) is 0. The lowest BCUT2D eigenvalue weighted by Crippen LogP contribution is -2.28. The minimum atomic E-state index is -0.0259. The van der Waals surface area contributed by atoms with Crippen LogP contribution in [-0.2, 0) is 5.54 Å². The summed E-state index contributed by atoms with van der Waals surface area (Å²) in [5, 5.41) is 3.59. The van der Waals surface area contributed by atoms with Crippen LogP contribution >= 0.6 is 11.3 Å². The second kappa shape index (κ2) is 3.79. The van der Waals surface area contributed by atoms with Crippen molar-refractivity contribution in [3.63, 3.8) is 0 Å². The van der Waals surface area contributed by atoms with Crippen molar-refractivity contribution in [3.8, 4) is 0 Å². The van der Waals surface area contributed by atoms with Crippen molar-refractivity contribution in [2.24, 2.45) is 4.99 Å². The first-order valence-corrected chi connectivity index (χ1v) is 7.51. The Morgan fingerprint density at radius 2 is 1.94 bits per heavy atom. The van der Waals surface area contributed by atoms with E-state index in [-0.39, 0.29) is 5.54 Å². The molecule has 1 nitrogen and oxygen atoms in total. The topological polar surface area (TPSA) is 12.4 Å². The number of nitrogens with zero attached hydrogens (tertiary/aromatic N) is 1. The Balaban J connectivity index is 2.02. The monoisotopic (exact) mass is 253 g/mol. The van der Waals surface area contributed by atoms with E-state index in [0.29, 0.717) is 0 Å². The fourth-order valence-electron chi connectivity index (χ4n) is 3.41. The van der Waals surface area contributed by atoms with E-state index in [1.807, 2.05) is 0 Å². The first kappa shape index (κ1) is 10.5. The van der Waals surface area contributed by atoms with Crippen molar-refractivity contribution in [3.05, 3.63) is 57.2 Å². The molecule has 2 aromatic rings. The molecule has 1 atom stereocenters. The van der Waals surface area contributed by atoms with E-state index >= 15 is 0 Å². The van der Waals surface area contributed by atoms with Crippen LogP contribution in [0, 0.1) is 0 Å². The third-order valence-electron chi connectivity index (χ3n) is 4.23. The number of fused-ring (bicyclic) bond motifs is 2. The van der Waals surface area contributed by atoms with E-state index in [0.717, 1.165) is 0 Å². The van der Waals surface area contributed by atoms with E-state index in [1.54, 1.807) is 16.9 Å². The van der Waals surface area contributed by atoms with Crippen molar-refractivity contribution in [1.29, 1.82) is 0 Å². The van der Waals surface area contributed by atoms with Gasteiger partial charge in [-0.25, -0.2) is 0 Å². The van der Waals surface area contributed by atoms with Gasteiger partial charge in [-0.05, 0) is 41.8 Å². The van der Waals surface area contributed by atoms with Gasteiger partial charge in [-0.2, -0.15) is 0 Å². The van der Waals surface area contributed by atoms with Gasteiger partial charge in [0.2, 0.25) is 0 Å². The molecule has 0 spiro atoms. The quantitative estimate of drug-likeness (QED) is 0.741. The zero-order valence-electron chi connectivity index (χ0n) is 10.2. The summed E-state index contributed by atoms with van der Waals surface area (Å²) in [5.74, 6) is 0. The Bertz CT molecular complexity index is 698. The molecule has 2 heterocycles. The molecule has 0 amide bonds. The SMILES string of the molecule is c1ccc(C23CCCCC2=c2ccsc2=N3)cc1. The molecule has 1 aromatic heterocycles. The fourth-order valence-corrected chi connectivity index (χ4v) is 4.27. The average molecular weight is 253 g/mol. The summed E-state index contributed by atoms with van der Waals surface area (Å²) in [4.78, 5) is 5.12. The highest BCUT2D eigenvalue weighted by atomic mass is 32.1. The molecule has 1 unspecified atom stereocenters. The van der Waals surface area contributed by atoms with Gasteiger partial charge in [-0.15, -0.1) is 11.3 Å². The summed E-state index contributed by atoms with van der Waals surface area (Å²) in [6.45, 7) is 0. The van der Waals surface area contributed by atoms with E-state index in [2.05, 4.69) is 41.8 Å². The predicted octanol–water partition coefficient (Wildman–Crippen LogP) is 3.00. The second-order valence-corrected chi connectivity index (χ2v) is 6.06. The fraction of sp³-hybridized carbons (Fsp3) is 0.312. The molecule has 1 saturated carbocycles. The predicted molar refractivity (Wildman–Crippen MR) is 75.1 cm³/mol. The number of thiophene rings is 1. The zero-order valence-corrected chi connectivity index (χ0v) is 11.0. The standard InChI is InChI=1S/C16H15NS/c1-2-6-12(7-3-1)16-10-5-4-8-14(16)13-9-11-18-15(13)17-16/h1-3,6-7,9,11H,4-5,8,10H2. The summed E-state index contributed by atoms with van der Waals surface area (Å²) in [6, 6.07) is 13.1. The van der Waals surface area contributed by atoms with E-state index < -0.39 is 0 Å². The highest BCUT2D eigenvalue weighted by molar-refractivity contribution is 7.07. The summed E-state index contributed by atoms with van der Waals surface area (Å²) < 4.78 is 1.25. The third-order valence-corrected chi connectivity index (χ3v) is 5.03. The lowest BCUT2D eigenvalue weighted by atomic mass is 9.73. The molecule has 1 fully saturated rings. The molecular weight excluding hydrogens is 238 g/mol. The van der Waals surface area contributed by atoms with E-state index in [9.17, 15) is 0 Å². The molecule has 2 aliphatic rings. The highest BCUT2D eigenvalue weighted by Gasteiger charge is 2.40. The van der Waals surface area contributed by atoms with Crippen LogP contribution in [0.4, 0.5) is 0 Å². The minimum Gasteiger partial charge on any atom is -0.258 e. The molecule has 2 heteroatoms. The minimum absolute atomic E-state index is 0.0259. The number of benzene rings is 1. The Labute approximate surface area is 111 Å². The zero-order chi connectivity index (χ0) is 12.0. The molecule has 0 N–H and O–H groups in total. The van der Waals surface area contributed by atoms with Crippen LogP contribution in [0.1, 0.15) is 31.2 Å². The first-order valence-electron chi connectivity index (χ1n) is 6.63. The Morgan fingerprint density at radius 3 is 2.83 bits per heavy atom. The normalized spacial score (nSPS) is 25.4. The molecule has 4 rings (SSSR count). The van der Waals surface area contributed by atoms with Gasteiger partial charge in [0.05, 0.1) is 0 Å². The average Bonchev–Trinajstić information content (AvgIpc) is 2.98. The van der Waals surface area contributed by atoms with Gasteiger partial charge in [-0.3, -0.25) is 4.99 Å². The Hall–Kier alpha value is -1.41. The first-order chi connectivity index (χ1) is 8.90. The van der Waals surface area contributed by atoms with Gasteiger partial charge >= 0.3 is 0 Å². The van der Waals surface area contributed by atoms with Gasteiger partial charge in [0.1, 0.15) is 10.2 Å². The van der Waals surface area contributed by atoms with E-state index in [1.165, 1.54) is 41.1 Å². The third kappa shape index (κ3) is 1.30. The van der Waals surface area contributed by atoms with Crippen molar-refractivity contribution >= 4 is 16.9 Å². The van der Waals surface area contributed by atoms with Crippen LogP contribution in [0.2, 0.25) is 0 Å². The van der Waals surface area contributed by atoms with Crippen LogP contribution in [0.15, 0.2) is 46.8 Å². The second-order valence-electron chi connectivity index (χ2n) is 5.16. The number of rotatable bonds is 1. The van der Waals surface area contributed by atoms with Crippen LogP contribution in [0.25, 0.3) is 5.57 Å². The van der Waals surface area contributed by atoms with Gasteiger partial charge < -0.3 is 0 Å². The summed E-state index contributed by atoms with van der Waals surface area (Å²) in [5.41, 5.74) is 2.92. The number of hydrogen-bond acceptors (Lipinski definition) is 2. The smallest absolute Gasteiger partial charge is 0.119 e. The molecule has 1 aliphatic carbocycles. The molecule has 1 aliphatic heterocycles. The van der Waals surface area contributed by atoms with Gasteiger partial charge in [-0.1, -0.05) is 36.8 Å². The van der Waals surface area contributed by atoms with Crippen LogP contribution < -0.4 is 9.89 Å².